The summed E-state index contributed by atoms with van der Waals surface area (Å²) in [5, 5.41) is 18.6. The number of nitrogens with two attached hydrogens (primary N) is 1. The van der Waals surface area contributed by atoms with Crippen molar-refractivity contribution in [1.29, 1.82) is 0 Å². The molecule has 3 rings (SSSR count). The largest absolute Gasteiger partial charge is 0.394 e. The quantitative estimate of drug-likeness (QED) is 0.509. The van der Waals surface area contributed by atoms with Gasteiger partial charge in [-0.05, 0) is 43.0 Å². The van der Waals surface area contributed by atoms with E-state index in [4.69, 9.17) is 5.73 Å². The van der Waals surface area contributed by atoms with Gasteiger partial charge in [0.15, 0.2) is 0 Å². The fourth-order valence-corrected chi connectivity index (χ4v) is 3.87. The second-order valence-electron chi connectivity index (χ2n) is 7.23. The summed E-state index contributed by atoms with van der Waals surface area (Å²) >= 11 is 1.49. The fraction of sp³-hybridized carbons (Fsp3) is 0.261. The van der Waals surface area contributed by atoms with Gasteiger partial charge < -0.3 is 15.9 Å². The Bertz CT molecular complexity index is 925. The van der Waals surface area contributed by atoms with Gasteiger partial charge in [0.05, 0.1) is 23.6 Å². The minimum atomic E-state index is -0.947. The lowest BCUT2D eigenvalue weighted by atomic mass is 9.93. The van der Waals surface area contributed by atoms with Crippen molar-refractivity contribution in [3.8, 4) is 10.4 Å². The van der Waals surface area contributed by atoms with Crippen LogP contribution in [0.3, 0.4) is 0 Å². The summed E-state index contributed by atoms with van der Waals surface area (Å²) in [5.41, 5.74) is 8.96. The lowest BCUT2D eigenvalue weighted by Gasteiger charge is -2.24. The topological polar surface area (TPSA) is 83.6 Å². The van der Waals surface area contributed by atoms with Crippen LogP contribution in [0.5, 0.6) is 0 Å². The average molecular weight is 396 g/mol. The normalized spacial score (nSPS) is 11.6. The molecule has 0 aliphatic carbocycles. The Morgan fingerprint density at radius 1 is 0.964 bits per heavy atom. The highest BCUT2D eigenvalue weighted by Gasteiger charge is 2.22. The van der Waals surface area contributed by atoms with E-state index in [1.165, 1.54) is 11.3 Å². The summed E-state index contributed by atoms with van der Waals surface area (Å²) in [6.07, 6.45) is 1.19. The summed E-state index contributed by atoms with van der Waals surface area (Å²) in [6.45, 7) is 1.52. The Morgan fingerprint density at radius 3 is 2.21 bits per heavy atom. The molecule has 0 unspecified atom stereocenters. The van der Waals surface area contributed by atoms with Gasteiger partial charge >= 0.3 is 0 Å². The van der Waals surface area contributed by atoms with Crippen LogP contribution in [-0.4, -0.2) is 34.7 Å². The first kappa shape index (κ1) is 20.4. The van der Waals surface area contributed by atoms with Gasteiger partial charge in [-0.25, -0.2) is 0 Å². The second kappa shape index (κ2) is 8.80. The van der Waals surface area contributed by atoms with Gasteiger partial charge in [-0.15, -0.1) is 11.3 Å². The number of benzene rings is 2. The van der Waals surface area contributed by atoms with E-state index in [0.717, 1.165) is 26.4 Å². The molecule has 1 heterocycles. The molecule has 4 N–H and O–H groups in total. The van der Waals surface area contributed by atoms with Crippen LogP contribution in [0.25, 0.3) is 10.4 Å². The molecule has 0 saturated carbocycles. The molecular formula is C23H25NO3S. The maximum absolute atomic E-state index is 12.7. The lowest BCUT2D eigenvalue weighted by Crippen LogP contribution is -2.47. The van der Waals surface area contributed by atoms with Crippen LogP contribution in [0.2, 0.25) is 0 Å². The van der Waals surface area contributed by atoms with Gasteiger partial charge in [0.1, 0.15) is 0 Å². The van der Waals surface area contributed by atoms with Crippen LogP contribution in [0.1, 0.15) is 32.8 Å². The molecule has 0 fully saturated rings. The number of thiophene rings is 1. The molecule has 0 saturated heterocycles. The minimum absolute atomic E-state index is 0.0418. The van der Waals surface area contributed by atoms with Crippen LogP contribution in [0.15, 0.2) is 60.7 Å². The monoisotopic (exact) mass is 395 g/mol. The van der Waals surface area contributed by atoms with E-state index in [9.17, 15) is 15.0 Å². The highest BCUT2D eigenvalue weighted by Crippen LogP contribution is 2.30. The number of carbonyl (C=O) groups is 1. The molecule has 0 bridgehead atoms. The van der Waals surface area contributed by atoms with E-state index in [1.807, 2.05) is 67.6 Å². The average Bonchev–Trinajstić information content (AvgIpc) is 3.23. The number of aliphatic hydroxyl groups excluding tert-OH is 2. The molecule has 0 amide bonds. The highest BCUT2D eigenvalue weighted by atomic mass is 32.1. The van der Waals surface area contributed by atoms with Crippen molar-refractivity contribution in [3.63, 3.8) is 0 Å². The van der Waals surface area contributed by atoms with Gasteiger partial charge in [-0.1, -0.05) is 54.1 Å². The van der Waals surface area contributed by atoms with Crippen LogP contribution >= 0.6 is 11.3 Å². The number of hydrogen-bond donors (Lipinski definition) is 3. The van der Waals surface area contributed by atoms with Crippen molar-refractivity contribution >= 4 is 17.1 Å². The van der Waals surface area contributed by atoms with Crippen molar-refractivity contribution in [2.24, 2.45) is 5.73 Å². The molecule has 0 radical (unpaired) electrons. The Balaban J connectivity index is 1.69. The van der Waals surface area contributed by atoms with E-state index in [1.54, 1.807) is 0 Å². The molecule has 1 aromatic heterocycles. The van der Waals surface area contributed by atoms with E-state index in [0.29, 0.717) is 18.4 Å². The first-order chi connectivity index (χ1) is 13.4. The van der Waals surface area contributed by atoms with Crippen LogP contribution in [0.4, 0.5) is 0 Å². The molecule has 0 spiro atoms. The number of hydrogen-bond acceptors (Lipinski definition) is 5. The minimum Gasteiger partial charge on any atom is -0.394 e. The van der Waals surface area contributed by atoms with Gasteiger partial charge in [0.25, 0.3) is 0 Å². The predicted molar refractivity (Wildman–Crippen MR) is 114 cm³/mol. The smallest absolute Gasteiger partial charge is 0.202 e. The van der Waals surface area contributed by atoms with Crippen LogP contribution in [0, 0.1) is 6.92 Å². The number of rotatable bonds is 8. The Kier molecular flexibility index (Phi) is 6.42. The number of aryl methyl sites for hydroxylation is 2. The molecule has 0 atom stereocenters. The first-order valence-corrected chi connectivity index (χ1v) is 10.1. The maximum atomic E-state index is 12.7. The van der Waals surface area contributed by atoms with Gasteiger partial charge in [0.2, 0.25) is 5.78 Å². The Hall–Kier alpha value is -2.31. The summed E-state index contributed by atoms with van der Waals surface area (Å²) < 4.78 is 0. The summed E-state index contributed by atoms with van der Waals surface area (Å²) in [6, 6.07) is 19.6. The third-order valence-electron chi connectivity index (χ3n) is 4.92. The first-order valence-electron chi connectivity index (χ1n) is 9.25. The van der Waals surface area contributed by atoms with Gasteiger partial charge in [-0.2, -0.15) is 0 Å². The van der Waals surface area contributed by atoms with E-state index < -0.39 is 5.54 Å². The standard InChI is InChI=1S/C23H25NO3S/c1-16-2-6-19(7-3-16)22(27)21-11-10-20(28-21)18-8-4-17(5-9-18)12-13-23(24,14-25)15-26/h2-11,25-26H,12-15,24H2,1H3. The van der Waals surface area contributed by atoms with E-state index in [2.05, 4.69) is 0 Å². The summed E-state index contributed by atoms with van der Waals surface area (Å²) in [4.78, 5) is 14.4. The number of aliphatic hydroxyl groups is 2. The van der Waals surface area contributed by atoms with E-state index >= 15 is 0 Å². The molecule has 28 heavy (non-hydrogen) atoms. The van der Waals surface area contributed by atoms with Crippen molar-refractivity contribution < 1.29 is 15.0 Å². The predicted octanol–water partition coefficient (Wildman–Crippen LogP) is 3.57. The van der Waals surface area contributed by atoms with Crippen molar-refractivity contribution in [2.45, 2.75) is 25.3 Å². The molecule has 5 heteroatoms. The maximum Gasteiger partial charge on any atom is 0.202 e. The highest BCUT2D eigenvalue weighted by molar-refractivity contribution is 7.17. The number of carbonyl (C=O) groups excluding carboxylic acids is 1. The lowest BCUT2D eigenvalue weighted by molar-refractivity contribution is 0.104. The zero-order valence-corrected chi connectivity index (χ0v) is 16.7. The van der Waals surface area contributed by atoms with Crippen molar-refractivity contribution in [2.75, 3.05) is 13.2 Å². The van der Waals surface area contributed by atoms with Gasteiger partial charge in [-0.3, -0.25) is 4.79 Å². The zero-order valence-electron chi connectivity index (χ0n) is 15.9. The summed E-state index contributed by atoms with van der Waals surface area (Å²) in [5.74, 6) is 0.0418. The van der Waals surface area contributed by atoms with Crippen molar-refractivity contribution in [3.05, 3.63) is 82.2 Å². The Morgan fingerprint density at radius 2 is 1.61 bits per heavy atom. The molecule has 4 nitrogen and oxygen atoms in total. The van der Waals surface area contributed by atoms with Crippen molar-refractivity contribution in [1.82, 2.24) is 0 Å². The summed E-state index contributed by atoms with van der Waals surface area (Å²) in [7, 11) is 0. The molecule has 2 aromatic carbocycles. The SMILES string of the molecule is Cc1ccc(C(=O)c2ccc(-c3ccc(CCC(N)(CO)CO)cc3)s2)cc1. The molecule has 0 aliphatic rings. The Labute approximate surface area is 169 Å². The second-order valence-corrected chi connectivity index (χ2v) is 8.32. The van der Waals surface area contributed by atoms with E-state index in [-0.39, 0.29) is 19.0 Å². The fourth-order valence-electron chi connectivity index (χ4n) is 2.90. The third-order valence-corrected chi connectivity index (χ3v) is 6.06. The number of ketones is 1. The molecule has 0 aliphatic heterocycles. The van der Waals surface area contributed by atoms with Gasteiger partial charge in [0, 0.05) is 10.4 Å². The molecule has 146 valence electrons. The molecule has 3 aromatic rings. The van der Waals surface area contributed by atoms with Crippen LogP contribution < -0.4 is 5.73 Å². The van der Waals surface area contributed by atoms with Crippen LogP contribution in [-0.2, 0) is 6.42 Å². The third kappa shape index (κ3) is 4.75. The zero-order chi connectivity index (χ0) is 20.1. The molecular weight excluding hydrogens is 370 g/mol.